The van der Waals surface area contributed by atoms with Gasteiger partial charge < -0.3 is 10.6 Å². The van der Waals surface area contributed by atoms with Gasteiger partial charge in [-0.3, -0.25) is 14.8 Å². The summed E-state index contributed by atoms with van der Waals surface area (Å²) in [6.45, 7) is 1.91. The minimum atomic E-state index is -0.604. The van der Waals surface area contributed by atoms with Gasteiger partial charge >= 0.3 is 0 Å². The van der Waals surface area contributed by atoms with Crippen LogP contribution in [0.5, 0.6) is 0 Å². The third-order valence-corrected chi connectivity index (χ3v) is 6.42. The molecule has 0 saturated carbocycles. The fourth-order valence-corrected chi connectivity index (χ4v) is 4.62. The highest BCUT2D eigenvalue weighted by Gasteiger charge is 2.22. The van der Waals surface area contributed by atoms with E-state index in [1.165, 1.54) is 17.0 Å². The predicted molar refractivity (Wildman–Crippen MR) is 134 cm³/mol. The van der Waals surface area contributed by atoms with E-state index in [9.17, 15) is 13.6 Å². The molecule has 6 nitrogen and oxygen atoms in total. The van der Waals surface area contributed by atoms with Gasteiger partial charge in [0.25, 0.3) is 5.91 Å². The molecule has 35 heavy (non-hydrogen) atoms. The summed E-state index contributed by atoms with van der Waals surface area (Å²) in [5.74, 6) is -0.888. The number of carbonyl (C=O) groups is 1. The van der Waals surface area contributed by atoms with Crippen LogP contribution in [0.3, 0.4) is 0 Å². The van der Waals surface area contributed by atoms with Crippen LogP contribution in [0.4, 0.5) is 20.3 Å². The van der Waals surface area contributed by atoms with Gasteiger partial charge in [0.1, 0.15) is 11.6 Å². The number of anilines is 2. The van der Waals surface area contributed by atoms with Crippen molar-refractivity contribution in [3.63, 3.8) is 0 Å². The Bertz CT molecular complexity index is 1340. The molecule has 4 aromatic rings. The average molecular weight is 476 g/mol. The van der Waals surface area contributed by atoms with Gasteiger partial charge in [-0.05, 0) is 79.9 Å². The topological polar surface area (TPSA) is 73.1 Å². The summed E-state index contributed by atoms with van der Waals surface area (Å²) in [5.41, 5.74) is 3.56. The Balaban J connectivity index is 1.41. The molecule has 1 aromatic heterocycles. The standard InChI is InChI=1S/C27H27F2N5O/c1-34(27(35)22-4-2-3-5-24(22)31-21-8-10-30-11-9-21)26-23-15-17(6-7-25(23)32-33-26)12-18-13-19(28)16-20(29)14-18/h2-7,13-16,21,30-31H,8-12H2,1H3,(H,32,33). The Labute approximate surface area is 202 Å². The number of para-hydroxylation sites is 1. The number of carbonyl (C=O) groups excluding carboxylic acids is 1. The number of amides is 1. The van der Waals surface area contributed by atoms with Crippen molar-refractivity contribution in [2.24, 2.45) is 0 Å². The Morgan fingerprint density at radius 2 is 1.77 bits per heavy atom. The number of fused-ring (bicyclic) bond motifs is 1. The minimum absolute atomic E-state index is 0.173. The maximum atomic E-state index is 13.6. The summed E-state index contributed by atoms with van der Waals surface area (Å²) in [6.07, 6.45) is 2.36. The molecule has 0 bridgehead atoms. The molecule has 0 spiro atoms. The SMILES string of the molecule is CN(C(=O)c1ccccc1NC1CCNCC1)c1n[nH]c2ccc(Cc3cc(F)cc(F)c3)cc12. The molecule has 1 aliphatic heterocycles. The van der Waals surface area contributed by atoms with Crippen LogP contribution in [0, 0.1) is 11.6 Å². The van der Waals surface area contributed by atoms with E-state index in [0.29, 0.717) is 29.4 Å². The molecule has 3 N–H and O–H groups in total. The molecule has 1 aliphatic rings. The first-order valence-electron chi connectivity index (χ1n) is 11.7. The number of nitrogens with one attached hydrogen (secondary N) is 3. The van der Waals surface area contributed by atoms with Crippen LogP contribution in [-0.2, 0) is 6.42 Å². The Kier molecular flexibility index (Phi) is 6.46. The average Bonchev–Trinajstić information content (AvgIpc) is 3.27. The second-order valence-corrected chi connectivity index (χ2v) is 8.96. The summed E-state index contributed by atoms with van der Waals surface area (Å²) in [6, 6.07) is 17.0. The number of piperidine rings is 1. The van der Waals surface area contributed by atoms with Crippen molar-refractivity contribution < 1.29 is 13.6 Å². The maximum Gasteiger partial charge on any atom is 0.261 e. The number of aromatic amines is 1. The van der Waals surface area contributed by atoms with Gasteiger partial charge in [0.2, 0.25) is 0 Å². The molecule has 1 saturated heterocycles. The zero-order valence-electron chi connectivity index (χ0n) is 19.4. The Morgan fingerprint density at radius 3 is 2.54 bits per heavy atom. The van der Waals surface area contributed by atoms with Gasteiger partial charge in [0.05, 0.1) is 11.1 Å². The number of hydrogen-bond acceptors (Lipinski definition) is 4. The van der Waals surface area contributed by atoms with Crippen molar-refractivity contribution >= 4 is 28.3 Å². The summed E-state index contributed by atoms with van der Waals surface area (Å²) in [7, 11) is 1.70. The smallest absolute Gasteiger partial charge is 0.261 e. The van der Waals surface area contributed by atoms with E-state index < -0.39 is 11.6 Å². The number of halogens is 2. The van der Waals surface area contributed by atoms with E-state index in [-0.39, 0.29) is 5.91 Å². The first-order valence-corrected chi connectivity index (χ1v) is 11.7. The molecule has 8 heteroatoms. The van der Waals surface area contributed by atoms with Gasteiger partial charge in [-0.2, -0.15) is 5.10 Å². The van der Waals surface area contributed by atoms with Gasteiger partial charge in [-0.25, -0.2) is 8.78 Å². The van der Waals surface area contributed by atoms with Crippen LogP contribution in [0.2, 0.25) is 0 Å². The molecule has 2 heterocycles. The molecule has 5 rings (SSSR count). The van der Waals surface area contributed by atoms with Gasteiger partial charge in [0, 0.05) is 30.2 Å². The number of nitrogens with zero attached hydrogens (tertiary/aromatic N) is 2. The highest BCUT2D eigenvalue weighted by Crippen LogP contribution is 2.28. The van der Waals surface area contributed by atoms with Crippen LogP contribution in [-0.4, -0.2) is 42.3 Å². The predicted octanol–water partition coefficient (Wildman–Crippen LogP) is 4.87. The lowest BCUT2D eigenvalue weighted by atomic mass is 10.0. The molecule has 180 valence electrons. The molecule has 1 amide bonds. The lowest BCUT2D eigenvalue weighted by molar-refractivity contribution is 0.0993. The summed E-state index contributed by atoms with van der Waals surface area (Å²) in [5, 5.41) is 15.0. The fraction of sp³-hybridized carbons (Fsp3) is 0.259. The molecular weight excluding hydrogens is 448 g/mol. The lowest BCUT2D eigenvalue weighted by Gasteiger charge is -2.26. The molecule has 0 aliphatic carbocycles. The van der Waals surface area contributed by atoms with E-state index in [0.717, 1.165) is 54.2 Å². The van der Waals surface area contributed by atoms with Gasteiger partial charge in [-0.1, -0.05) is 18.2 Å². The van der Waals surface area contributed by atoms with Crippen molar-refractivity contribution in [3.05, 3.63) is 89.0 Å². The monoisotopic (exact) mass is 475 g/mol. The third kappa shape index (κ3) is 5.02. The number of hydrogen-bond donors (Lipinski definition) is 3. The van der Waals surface area contributed by atoms with E-state index in [4.69, 9.17) is 0 Å². The highest BCUT2D eigenvalue weighted by atomic mass is 19.1. The first kappa shape index (κ1) is 23.0. The Morgan fingerprint density at radius 1 is 1.03 bits per heavy atom. The van der Waals surface area contributed by atoms with Crippen LogP contribution < -0.4 is 15.5 Å². The second kappa shape index (κ2) is 9.84. The zero-order chi connectivity index (χ0) is 24.4. The molecule has 3 aromatic carbocycles. The Hall–Kier alpha value is -3.78. The molecule has 0 atom stereocenters. The molecule has 0 unspecified atom stereocenters. The summed E-state index contributed by atoms with van der Waals surface area (Å²) >= 11 is 0. The maximum absolute atomic E-state index is 13.6. The van der Waals surface area contributed by atoms with Crippen molar-refractivity contribution in [1.82, 2.24) is 15.5 Å². The van der Waals surface area contributed by atoms with Crippen molar-refractivity contribution in [2.45, 2.75) is 25.3 Å². The van der Waals surface area contributed by atoms with Crippen LogP contribution in [0.25, 0.3) is 10.9 Å². The normalized spacial score (nSPS) is 14.3. The van der Waals surface area contributed by atoms with Crippen molar-refractivity contribution in [2.75, 3.05) is 30.4 Å². The largest absolute Gasteiger partial charge is 0.382 e. The van der Waals surface area contributed by atoms with Crippen LogP contribution in [0.1, 0.15) is 34.3 Å². The number of rotatable bonds is 6. The molecule has 0 radical (unpaired) electrons. The van der Waals surface area contributed by atoms with E-state index in [2.05, 4.69) is 20.8 Å². The summed E-state index contributed by atoms with van der Waals surface area (Å²) in [4.78, 5) is 15.1. The summed E-state index contributed by atoms with van der Waals surface area (Å²) < 4.78 is 27.3. The third-order valence-electron chi connectivity index (χ3n) is 6.42. The number of benzene rings is 3. The van der Waals surface area contributed by atoms with Crippen molar-refractivity contribution in [3.8, 4) is 0 Å². The van der Waals surface area contributed by atoms with Crippen LogP contribution >= 0.6 is 0 Å². The fourth-order valence-electron chi connectivity index (χ4n) is 4.62. The van der Waals surface area contributed by atoms with E-state index >= 15 is 0 Å². The van der Waals surface area contributed by atoms with Crippen LogP contribution in [0.15, 0.2) is 60.7 Å². The van der Waals surface area contributed by atoms with Crippen molar-refractivity contribution in [1.29, 1.82) is 0 Å². The van der Waals surface area contributed by atoms with Gasteiger partial charge in [-0.15, -0.1) is 0 Å². The van der Waals surface area contributed by atoms with E-state index in [1.807, 2.05) is 42.5 Å². The lowest BCUT2D eigenvalue weighted by Crippen LogP contribution is -2.36. The zero-order valence-corrected chi connectivity index (χ0v) is 19.4. The quantitative estimate of drug-likeness (QED) is 0.372. The molecular formula is C27H27F2N5O. The number of aromatic nitrogens is 2. The van der Waals surface area contributed by atoms with E-state index in [1.54, 1.807) is 7.05 Å². The molecule has 1 fully saturated rings. The highest BCUT2D eigenvalue weighted by molar-refractivity contribution is 6.12. The minimum Gasteiger partial charge on any atom is -0.382 e. The number of H-pyrrole nitrogens is 1. The second-order valence-electron chi connectivity index (χ2n) is 8.96. The van der Waals surface area contributed by atoms with Gasteiger partial charge in [0.15, 0.2) is 5.82 Å². The first-order chi connectivity index (χ1) is 17.0.